The highest BCUT2D eigenvalue weighted by Crippen LogP contribution is 2.52. The lowest BCUT2D eigenvalue weighted by Crippen LogP contribution is -2.64. The molecule has 2 fully saturated rings. The van der Waals surface area contributed by atoms with Crippen LogP contribution in [0.5, 0.6) is 0 Å². The van der Waals surface area contributed by atoms with Gasteiger partial charge in [-0.1, -0.05) is 6.42 Å². The Morgan fingerprint density at radius 1 is 1.38 bits per heavy atom. The van der Waals surface area contributed by atoms with Crippen molar-refractivity contribution < 1.29 is 29.7 Å². The number of aliphatic carboxylic acids is 1. The molecule has 0 aromatic rings. The molecule has 26 heavy (non-hydrogen) atoms. The minimum Gasteiger partial charge on any atom is -0.477 e. The van der Waals surface area contributed by atoms with E-state index in [2.05, 4.69) is 5.32 Å². The number of nitrogens with zero attached hydrogens (tertiary/aromatic N) is 2. The van der Waals surface area contributed by atoms with Gasteiger partial charge >= 0.3 is 12.0 Å². The van der Waals surface area contributed by atoms with Gasteiger partial charge in [-0.25, -0.2) is 9.59 Å². The Morgan fingerprint density at radius 2 is 2.08 bits per heavy atom. The van der Waals surface area contributed by atoms with Crippen molar-refractivity contribution in [2.45, 2.75) is 44.4 Å². The number of β-lactam (4-membered cyclic amide) rings is 1. The Balaban J connectivity index is 1.95. The van der Waals surface area contributed by atoms with Gasteiger partial charge < -0.3 is 30.4 Å². The third-order valence-corrected chi connectivity index (χ3v) is 5.76. The topological polar surface area (TPSA) is 130 Å². The van der Waals surface area contributed by atoms with Gasteiger partial charge in [0.25, 0.3) is 0 Å². The van der Waals surface area contributed by atoms with Crippen molar-refractivity contribution in [3.63, 3.8) is 0 Å². The summed E-state index contributed by atoms with van der Waals surface area (Å²) < 4.78 is 0. The molecule has 1 saturated heterocycles. The standard InChI is InChI=1S/C17H25N3O6/c1-8(22)11-13-9-4-3-5-10(19(2)17(26)18-6-7-21)12(9)14(16(24)25)20(13)15(11)23/h8-11,13,21-22H,3-7H2,1-2H3,(H,18,26)(H,24,25)/t8-,9+,10+,11-,13-/m1/s1. The maximum Gasteiger partial charge on any atom is 0.352 e. The number of carboxylic acids is 1. The van der Waals surface area contributed by atoms with Crippen LogP contribution in [0, 0.1) is 11.8 Å². The van der Waals surface area contributed by atoms with Crippen molar-refractivity contribution in [2.24, 2.45) is 11.8 Å². The summed E-state index contributed by atoms with van der Waals surface area (Å²) in [6, 6.07) is -1.17. The van der Waals surface area contributed by atoms with Crippen LogP contribution in [0.3, 0.4) is 0 Å². The van der Waals surface area contributed by atoms with Gasteiger partial charge in [-0.15, -0.1) is 0 Å². The summed E-state index contributed by atoms with van der Waals surface area (Å²) in [7, 11) is 1.59. The van der Waals surface area contributed by atoms with Gasteiger partial charge in [-0.05, 0) is 25.3 Å². The Morgan fingerprint density at radius 3 is 2.65 bits per heavy atom. The summed E-state index contributed by atoms with van der Waals surface area (Å²) in [5, 5.41) is 31.1. The van der Waals surface area contributed by atoms with E-state index in [1.54, 1.807) is 14.0 Å². The average Bonchev–Trinajstić information content (AvgIpc) is 2.89. The molecule has 9 nitrogen and oxygen atoms in total. The highest BCUT2D eigenvalue weighted by Gasteiger charge is 2.62. The van der Waals surface area contributed by atoms with Crippen molar-refractivity contribution in [3.8, 4) is 0 Å². The molecule has 4 N–H and O–H groups in total. The van der Waals surface area contributed by atoms with Crippen LogP contribution < -0.4 is 5.32 Å². The van der Waals surface area contributed by atoms with Crippen LogP contribution in [0.1, 0.15) is 26.2 Å². The number of fused-ring (bicyclic) bond motifs is 3. The SMILES string of the molecule is C[C@@H](O)[C@H]1C(=O)N2C(C(=O)O)=C3[C@H](CCC[C@@H]3N(C)C(=O)NCCO)[C@H]12. The molecular weight excluding hydrogens is 342 g/mol. The Kier molecular flexibility index (Phi) is 4.94. The molecular formula is C17H25N3O6. The number of amides is 3. The molecule has 0 spiro atoms. The number of hydrogen-bond donors (Lipinski definition) is 4. The van der Waals surface area contributed by atoms with Crippen molar-refractivity contribution >= 4 is 17.9 Å². The van der Waals surface area contributed by atoms with Gasteiger partial charge in [0.15, 0.2) is 0 Å². The third kappa shape index (κ3) is 2.66. The van der Waals surface area contributed by atoms with E-state index in [1.165, 1.54) is 9.80 Å². The number of rotatable bonds is 5. The number of urea groups is 1. The second-order valence-electron chi connectivity index (χ2n) is 7.19. The van der Waals surface area contributed by atoms with Crippen LogP contribution in [0.2, 0.25) is 0 Å². The molecule has 2 aliphatic heterocycles. The minimum absolute atomic E-state index is 0.0339. The van der Waals surface area contributed by atoms with Gasteiger partial charge in [-0.3, -0.25) is 4.79 Å². The normalized spacial score (nSPS) is 31.1. The number of likely N-dealkylation sites (N-methyl/N-ethyl adjacent to an activating group) is 1. The van der Waals surface area contributed by atoms with Crippen LogP contribution in [0.15, 0.2) is 11.3 Å². The van der Waals surface area contributed by atoms with Crippen LogP contribution in [-0.4, -0.2) is 81.4 Å². The molecule has 2 heterocycles. The highest BCUT2D eigenvalue weighted by atomic mass is 16.4. The Labute approximate surface area is 151 Å². The van der Waals surface area contributed by atoms with E-state index in [4.69, 9.17) is 5.11 Å². The van der Waals surface area contributed by atoms with Crippen molar-refractivity contribution in [1.29, 1.82) is 0 Å². The first-order valence-electron chi connectivity index (χ1n) is 8.91. The Hall–Kier alpha value is -2.13. The van der Waals surface area contributed by atoms with Gasteiger partial charge in [0.2, 0.25) is 5.91 Å². The van der Waals surface area contributed by atoms with Crippen LogP contribution in [-0.2, 0) is 9.59 Å². The zero-order valence-corrected chi connectivity index (χ0v) is 14.9. The molecule has 1 aliphatic carbocycles. The van der Waals surface area contributed by atoms with Crippen molar-refractivity contribution in [3.05, 3.63) is 11.3 Å². The fourth-order valence-corrected chi connectivity index (χ4v) is 4.69. The second kappa shape index (κ2) is 6.88. The van der Waals surface area contributed by atoms with Crippen molar-refractivity contribution in [2.75, 3.05) is 20.2 Å². The summed E-state index contributed by atoms with van der Waals surface area (Å²) >= 11 is 0. The number of aliphatic hydroxyl groups is 2. The first kappa shape index (κ1) is 18.7. The van der Waals surface area contributed by atoms with Crippen molar-refractivity contribution in [1.82, 2.24) is 15.1 Å². The number of aliphatic hydroxyl groups excluding tert-OH is 2. The minimum atomic E-state index is -1.18. The van der Waals surface area contributed by atoms with E-state index in [0.717, 1.165) is 12.8 Å². The smallest absolute Gasteiger partial charge is 0.352 e. The predicted molar refractivity (Wildman–Crippen MR) is 89.8 cm³/mol. The van der Waals surface area contributed by atoms with Gasteiger partial charge in [0.1, 0.15) is 5.70 Å². The molecule has 3 aliphatic rings. The summed E-state index contributed by atoms with van der Waals surface area (Å²) in [5.41, 5.74) is 0.570. The molecule has 3 rings (SSSR count). The van der Waals surface area contributed by atoms with E-state index in [1.807, 2.05) is 0 Å². The number of nitrogens with one attached hydrogen (secondary N) is 1. The molecule has 9 heteroatoms. The lowest BCUT2D eigenvalue weighted by atomic mass is 9.71. The van der Waals surface area contributed by atoms with Gasteiger partial charge in [0.05, 0.1) is 30.7 Å². The fraction of sp³-hybridized carbons (Fsp3) is 0.706. The number of carbonyl (C=O) groups is 3. The molecule has 0 radical (unpaired) electrons. The summed E-state index contributed by atoms with van der Waals surface area (Å²) in [6.45, 7) is 1.48. The zero-order valence-electron chi connectivity index (χ0n) is 14.9. The molecule has 1 saturated carbocycles. The summed E-state index contributed by atoms with van der Waals surface area (Å²) in [5.74, 6) is -2.30. The number of carbonyl (C=O) groups excluding carboxylic acids is 2. The fourth-order valence-electron chi connectivity index (χ4n) is 4.69. The first-order chi connectivity index (χ1) is 12.3. The number of hydrogen-bond acceptors (Lipinski definition) is 5. The lowest BCUT2D eigenvalue weighted by Gasteiger charge is -2.48. The lowest BCUT2D eigenvalue weighted by molar-refractivity contribution is -0.163. The van der Waals surface area contributed by atoms with E-state index < -0.39 is 30.1 Å². The largest absolute Gasteiger partial charge is 0.477 e. The van der Waals surface area contributed by atoms with E-state index in [-0.39, 0.29) is 36.7 Å². The van der Waals surface area contributed by atoms with Gasteiger partial charge in [-0.2, -0.15) is 0 Å². The zero-order chi connectivity index (χ0) is 19.2. The highest BCUT2D eigenvalue weighted by molar-refractivity contribution is 6.00. The summed E-state index contributed by atoms with van der Waals surface area (Å²) in [6.07, 6.45) is 1.30. The van der Waals surface area contributed by atoms with E-state index in [9.17, 15) is 24.6 Å². The van der Waals surface area contributed by atoms with E-state index >= 15 is 0 Å². The Bertz CT molecular complexity index is 661. The molecule has 0 aromatic carbocycles. The predicted octanol–water partition coefficient (Wildman–Crippen LogP) is -0.651. The van der Waals surface area contributed by atoms with Crippen LogP contribution in [0.25, 0.3) is 0 Å². The molecule has 5 atom stereocenters. The van der Waals surface area contributed by atoms with Crippen LogP contribution >= 0.6 is 0 Å². The maximum atomic E-state index is 12.4. The van der Waals surface area contributed by atoms with Crippen LogP contribution in [0.4, 0.5) is 4.79 Å². The number of carboxylic acid groups (broad SMARTS) is 1. The quantitative estimate of drug-likeness (QED) is 0.478. The summed E-state index contributed by atoms with van der Waals surface area (Å²) in [4.78, 5) is 39.4. The molecule has 3 amide bonds. The van der Waals surface area contributed by atoms with Gasteiger partial charge in [0, 0.05) is 19.5 Å². The average molecular weight is 367 g/mol. The first-order valence-corrected chi connectivity index (χ1v) is 8.91. The third-order valence-electron chi connectivity index (χ3n) is 5.76. The molecule has 0 aromatic heterocycles. The second-order valence-corrected chi connectivity index (χ2v) is 7.19. The molecule has 144 valence electrons. The molecule has 0 bridgehead atoms. The monoisotopic (exact) mass is 367 g/mol. The van der Waals surface area contributed by atoms with E-state index in [0.29, 0.717) is 12.0 Å². The molecule has 0 unspecified atom stereocenters. The maximum absolute atomic E-state index is 12.4.